The van der Waals surface area contributed by atoms with Crippen molar-refractivity contribution in [3.05, 3.63) is 70.4 Å². The van der Waals surface area contributed by atoms with E-state index in [1.165, 1.54) is 22.7 Å². The van der Waals surface area contributed by atoms with E-state index >= 15 is 0 Å². The molecule has 0 fully saturated rings. The van der Waals surface area contributed by atoms with Gasteiger partial charge in [0.15, 0.2) is 0 Å². The number of aromatic nitrogens is 2. The van der Waals surface area contributed by atoms with Crippen LogP contribution < -0.4 is 5.32 Å². The second-order valence-corrected chi connectivity index (χ2v) is 5.37. The van der Waals surface area contributed by atoms with E-state index in [0.717, 1.165) is 5.56 Å². The Balaban J connectivity index is 1.84. The third-order valence-corrected chi connectivity index (χ3v) is 3.59. The lowest BCUT2D eigenvalue weighted by Gasteiger charge is -2.06. The Morgan fingerprint density at radius 1 is 1.27 bits per heavy atom. The Morgan fingerprint density at radius 2 is 2.00 bits per heavy atom. The minimum atomic E-state index is -0.420. The maximum Gasteiger partial charge on any atom is 0.270 e. The number of benzene rings is 1. The number of rotatable bonds is 3. The Kier molecular flexibility index (Phi) is 3.81. The predicted molar refractivity (Wildman–Crippen MR) is 82.5 cm³/mol. The van der Waals surface area contributed by atoms with Crippen LogP contribution in [0, 0.1) is 12.7 Å². The largest absolute Gasteiger partial charge is 0.347 e. The number of nitrogens with zero attached hydrogens (tertiary/aromatic N) is 2. The summed E-state index contributed by atoms with van der Waals surface area (Å²) in [4.78, 5) is 16.6. The average molecular weight is 318 g/mol. The van der Waals surface area contributed by atoms with Crippen molar-refractivity contribution in [1.82, 2.24) is 14.7 Å². The fourth-order valence-corrected chi connectivity index (χ4v) is 2.40. The number of hydrogen-bond acceptors (Lipinski definition) is 2. The van der Waals surface area contributed by atoms with Crippen LogP contribution in [0.15, 0.2) is 42.6 Å². The molecule has 0 spiro atoms. The van der Waals surface area contributed by atoms with E-state index in [4.69, 9.17) is 11.6 Å². The number of fused-ring (bicyclic) bond motifs is 1. The molecule has 1 aromatic carbocycles. The summed E-state index contributed by atoms with van der Waals surface area (Å²) in [6, 6.07) is 10.1. The lowest BCUT2D eigenvalue weighted by molar-refractivity contribution is 0.0944. The first kappa shape index (κ1) is 14.5. The average Bonchev–Trinajstić information content (AvgIpc) is 2.81. The fourth-order valence-electron chi connectivity index (χ4n) is 2.28. The molecule has 1 N–H and O–H groups in total. The molecular formula is C16H13ClFN3O. The minimum absolute atomic E-state index is 0.300. The quantitative estimate of drug-likeness (QED) is 0.805. The summed E-state index contributed by atoms with van der Waals surface area (Å²) in [6.45, 7) is 2.08. The third-order valence-electron chi connectivity index (χ3n) is 3.34. The normalized spacial score (nSPS) is 10.9. The zero-order chi connectivity index (χ0) is 15.7. The highest BCUT2D eigenvalue weighted by Gasteiger charge is 2.16. The number of carbonyl (C=O) groups is 1. The summed E-state index contributed by atoms with van der Waals surface area (Å²) in [6.07, 6.45) is 1.26. The minimum Gasteiger partial charge on any atom is -0.347 e. The molecule has 1 amide bonds. The highest BCUT2D eigenvalue weighted by Crippen LogP contribution is 2.14. The molecule has 2 heterocycles. The van der Waals surface area contributed by atoms with Gasteiger partial charge in [-0.1, -0.05) is 23.7 Å². The molecule has 3 aromatic rings. The molecule has 0 aliphatic carbocycles. The molecule has 3 rings (SSSR count). The van der Waals surface area contributed by atoms with Crippen LogP contribution in [0.3, 0.4) is 0 Å². The summed E-state index contributed by atoms with van der Waals surface area (Å²) < 4.78 is 14.8. The second-order valence-electron chi connectivity index (χ2n) is 4.93. The van der Waals surface area contributed by atoms with Crippen molar-refractivity contribution in [2.45, 2.75) is 13.5 Å². The van der Waals surface area contributed by atoms with Crippen LogP contribution in [0.2, 0.25) is 5.02 Å². The summed E-state index contributed by atoms with van der Waals surface area (Å²) >= 11 is 5.82. The van der Waals surface area contributed by atoms with Crippen molar-refractivity contribution in [3.63, 3.8) is 0 Å². The van der Waals surface area contributed by atoms with Gasteiger partial charge in [-0.25, -0.2) is 9.37 Å². The molecule has 2 aromatic heterocycles. The van der Waals surface area contributed by atoms with Gasteiger partial charge in [0.2, 0.25) is 0 Å². The molecule has 22 heavy (non-hydrogen) atoms. The van der Waals surface area contributed by atoms with Gasteiger partial charge in [-0.05, 0) is 36.8 Å². The first-order valence-corrected chi connectivity index (χ1v) is 7.09. The summed E-state index contributed by atoms with van der Waals surface area (Å²) in [5.41, 5.74) is 2.36. The Morgan fingerprint density at radius 3 is 2.73 bits per heavy atom. The Labute approximate surface area is 131 Å². The molecule has 4 nitrogen and oxygen atoms in total. The van der Waals surface area contributed by atoms with E-state index in [1.807, 2.05) is 12.1 Å². The van der Waals surface area contributed by atoms with Gasteiger partial charge in [-0.15, -0.1) is 0 Å². The number of pyridine rings is 1. The zero-order valence-corrected chi connectivity index (χ0v) is 12.6. The molecule has 0 radical (unpaired) electrons. The standard InChI is InChI=1S/C16H13ClFN3O/c1-10-15(21-9-13(18)6-7-14(21)20-10)16(22)19-8-11-2-4-12(17)5-3-11/h2-7,9H,8H2,1H3,(H,19,22). The van der Waals surface area contributed by atoms with Crippen LogP contribution in [-0.2, 0) is 6.54 Å². The summed E-state index contributed by atoms with van der Waals surface area (Å²) in [5, 5.41) is 3.45. The van der Waals surface area contributed by atoms with Gasteiger partial charge in [0, 0.05) is 17.8 Å². The van der Waals surface area contributed by atoms with E-state index in [0.29, 0.717) is 28.6 Å². The summed E-state index contributed by atoms with van der Waals surface area (Å²) in [5.74, 6) is -0.720. The van der Waals surface area contributed by atoms with Gasteiger partial charge in [-0.3, -0.25) is 9.20 Å². The second kappa shape index (κ2) is 5.77. The first-order valence-electron chi connectivity index (χ1n) is 6.71. The van der Waals surface area contributed by atoms with Crippen LogP contribution >= 0.6 is 11.6 Å². The summed E-state index contributed by atoms with van der Waals surface area (Å²) in [7, 11) is 0. The molecule has 0 aliphatic heterocycles. The molecular weight excluding hydrogens is 305 g/mol. The number of nitrogens with one attached hydrogen (secondary N) is 1. The predicted octanol–water partition coefficient (Wildman–Crippen LogP) is 3.37. The van der Waals surface area contributed by atoms with Gasteiger partial charge < -0.3 is 5.32 Å². The smallest absolute Gasteiger partial charge is 0.270 e. The van der Waals surface area contributed by atoms with Gasteiger partial charge in [0.05, 0.1) is 5.69 Å². The third kappa shape index (κ3) is 2.80. The maximum atomic E-state index is 13.4. The van der Waals surface area contributed by atoms with Crippen molar-refractivity contribution < 1.29 is 9.18 Å². The SMILES string of the molecule is Cc1nc2ccc(F)cn2c1C(=O)NCc1ccc(Cl)cc1. The van der Waals surface area contributed by atoms with Gasteiger partial charge >= 0.3 is 0 Å². The molecule has 0 atom stereocenters. The van der Waals surface area contributed by atoms with E-state index in [9.17, 15) is 9.18 Å². The number of imidazole rings is 1. The maximum absolute atomic E-state index is 13.4. The van der Waals surface area contributed by atoms with Crippen molar-refractivity contribution in [2.75, 3.05) is 0 Å². The van der Waals surface area contributed by atoms with E-state index in [2.05, 4.69) is 10.3 Å². The van der Waals surface area contributed by atoms with E-state index < -0.39 is 5.82 Å². The van der Waals surface area contributed by atoms with Crippen molar-refractivity contribution in [2.24, 2.45) is 0 Å². The molecule has 6 heteroatoms. The van der Waals surface area contributed by atoms with Crippen LogP contribution in [0.5, 0.6) is 0 Å². The lowest BCUT2D eigenvalue weighted by atomic mass is 10.2. The molecule has 112 valence electrons. The fraction of sp³-hybridized carbons (Fsp3) is 0.125. The number of halogens is 2. The molecule has 0 saturated carbocycles. The highest BCUT2D eigenvalue weighted by atomic mass is 35.5. The van der Waals surface area contributed by atoms with Crippen LogP contribution in [0.1, 0.15) is 21.7 Å². The van der Waals surface area contributed by atoms with Crippen LogP contribution in [0.4, 0.5) is 4.39 Å². The van der Waals surface area contributed by atoms with Crippen LogP contribution in [0.25, 0.3) is 5.65 Å². The van der Waals surface area contributed by atoms with Crippen molar-refractivity contribution in [3.8, 4) is 0 Å². The first-order chi connectivity index (χ1) is 10.5. The van der Waals surface area contributed by atoms with Gasteiger partial charge in [0.1, 0.15) is 17.2 Å². The Bertz CT molecular complexity index is 842. The monoisotopic (exact) mass is 317 g/mol. The van der Waals surface area contributed by atoms with E-state index in [1.54, 1.807) is 19.1 Å². The number of hydrogen-bond donors (Lipinski definition) is 1. The number of aryl methyl sites for hydroxylation is 1. The lowest BCUT2D eigenvalue weighted by Crippen LogP contribution is -2.25. The molecule has 0 unspecified atom stereocenters. The Hall–Kier alpha value is -2.40. The van der Waals surface area contributed by atoms with Gasteiger partial charge in [0.25, 0.3) is 5.91 Å². The van der Waals surface area contributed by atoms with Crippen LogP contribution in [-0.4, -0.2) is 15.3 Å². The molecule has 0 saturated heterocycles. The van der Waals surface area contributed by atoms with E-state index in [-0.39, 0.29) is 5.91 Å². The molecule has 0 bridgehead atoms. The number of amides is 1. The number of carbonyl (C=O) groups excluding carboxylic acids is 1. The molecule has 0 aliphatic rings. The van der Waals surface area contributed by atoms with Crippen molar-refractivity contribution >= 4 is 23.2 Å². The van der Waals surface area contributed by atoms with Crippen molar-refractivity contribution in [1.29, 1.82) is 0 Å². The zero-order valence-electron chi connectivity index (χ0n) is 11.8. The van der Waals surface area contributed by atoms with Gasteiger partial charge in [-0.2, -0.15) is 0 Å². The topological polar surface area (TPSA) is 46.4 Å². The highest BCUT2D eigenvalue weighted by molar-refractivity contribution is 6.30.